The van der Waals surface area contributed by atoms with Gasteiger partial charge in [0, 0.05) is 42.7 Å². The van der Waals surface area contributed by atoms with Crippen molar-refractivity contribution >= 4 is 22.9 Å². The molecule has 3 aromatic rings. The summed E-state index contributed by atoms with van der Waals surface area (Å²) in [5.74, 6) is -0.457. The van der Waals surface area contributed by atoms with Crippen LogP contribution in [0.2, 0.25) is 0 Å². The molecule has 1 aromatic carbocycles. The van der Waals surface area contributed by atoms with E-state index < -0.39 is 11.1 Å². The predicted molar refractivity (Wildman–Crippen MR) is 143 cm³/mol. The van der Waals surface area contributed by atoms with Crippen molar-refractivity contribution < 1.29 is 23.5 Å². The Bertz CT molecular complexity index is 1390. The van der Waals surface area contributed by atoms with Gasteiger partial charge in [0.2, 0.25) is 5.91 Å². The Kier molecular flexibility index (Phi) is 6.17. The molecule has 8 heteroatoms. The lowest BCUT2D eigenvalue weighted by molar-refractivity contribution is -0.153. The zero-order chi connectivity index (χ0) is 27.6. The smallest absolute Gasteiger partial charge is 0.290 e. The van der Waals surface area contributed by atoms with Crippen LogP contribution < -0.4 is 0 Å². The first-order chi connectivity index (χ1) is 17.6. The number of carbonyl (C=O) groups is 2. The van der Waals surface area contributed by atoms with Gasteiger partial charge in [0.25, 0.3) is 5.91 Å². The number of benzene rings is 1. The zero-order valence-corrected chi connectivity index (χ0v) is 23.0. The number of pyridine rings is 1. The van der Waals surface area contributed by atoms with Crippen LogP contribution in [0.1, 0.15) is 70.5 Å². The van der Waals surface area contributed by atoms with Gasteiger partial charge < -0.3 is 19.3 Å². The number of halogens is 1. The molecule has 1 aliphatic heterocycles. The van der Waals surface area contributed by atoms with Crippen molar-refractivity contribution in [3.05, 3.63) is 53.5 Å². The molecule has 1 saturated carbocycles. The monoisotopic (exact) mass is 521 g/mol. The van der Waals surface area contributed by atoms with Crippen LogP contribution in [0.4, 0.5) is 4.39 Å². The number of amides is 2. The third-order valence-electron chi connectivity index (χ3n) is 7.82. The number of furan rings is 1. The van der Waals surface area contributed by atoms with Crippen LogP contribution in [0.3, 0.4) is 0 Å². The van der Waals surface area contributed by atoms with E-state index >= 15 is 0 Å². The highest BCUT2D eigenvalue weighted by Gasteiger charge is 2.47. The summed E-state index contributed by atoms with van der Waals surface area (Å²) in [5.41, 5.74) is 1.87. The van der Waals surface area contributed by atoms with Crippen LogP contribution in [0.5, 0.6) is 0 Å². The fourth-order valence-electron chi connectivity index (χ4n) is 5.74. The molecule has 202 valence electrons. The van der Waals surface area contributed by atoms with Crippen LogP contribution in [-0.2, 0) is 10.2 Å². The van der Waals surface area contributed by atoms with Crippen molar-refractivity contribution in [1.29, 1.82) is 0 Å². The van der Waals surface area contributed by atoms with E-state index in [1.54, 1.807) is 30.0 Å². The van der Waals surface area contributed by atoms with Crippen LogP contribution in [0, 0.1) is 11.7 Å². The van der Waals surface area contributed by atoms with Crippen molar-refractivity contribution in [3.63, 3.8) is 0 Å². The van der Waals surface area contributed by atoms with Gasteiger partial charge >= 0.3 is 0 Å². The first-order valence-electron chi connectivity index (χ1n) is 13.2. The average molecular weight is 522 g/mol. The van der Waals surface area contributed by atoms with Crippen LogP contribution in [0.15, 0.2) is 40.8 Å². The lowest BCUT2D eigenvalue weighted by atomic mass is 9.71. The van der Waals surface area contributed by atoms with E-state index in [-0.39, 0.29) is 34.7 Å². The van der Waals surface area contributed by atoms with Crippen molar-refractivity contribution in [2.45, 2.75) is 70.9 Å². The number of aromatic nitrogens is 1. The number of fused-ring (bicyclic) bond motifs is 1. The molecule has 38 heavy (non-hydrogen) atoms. The summed E-state index contributed by atoms with van der Waals surface area (Å²) in [6.07, 6.45) is 0.959. The third-order valence-corrected chi connectivity index (χ3v) is 7.82. The number of aliphatic hydroxyl groups is 1. The van der Waals surface area contributed by atoms with E-state index in [1.165, 1.54) is 12.1 Å². The summed E-state index contributed by atoms with van der Waals surface area (Å²) in [5, 5.41) is 10.0. The van der Waals surface area contributed by atoms with Crippen LogP contribution in [-0.4, -0.2) is 62.5 Å². The normalized spacial score (nSPS) is 23.4. The molecule has 2 amide bonds. The summed E-state index contributed by atoms with van der Waals surface area (Å²) in [4.78, 5) is 35.0. The van der Waals surface area contributed by atoms with E-state index in [2.05, 4.69) is 20.8 Å². The molecule has 3 heterocycles. The molecule has 2 aromatic heterocycles. The molecule has 7 nitrogen and oxygen atoms in total. The van der Waals surface area contributed by atoms with Crippen molar-refractivity contribution in [2.75, 3.05) is 19.6 Å². The zero-order valence-electron chi connectivity index (χ0n) is 23.0. The minimum Gasteiger partial charge on any atom is -0.449 e. The number of hydrogen-bond acceptors (Lipinski definition) is 5. The highest BCUT2D eigenvalue weighted by Crippen LogP contribution is 2.39. The molecule has 0 unspecified atom stereocenters. The first-order valence-corrected chi connectivity index (χ1v) is 13.2. The van der Waals surface area contributed by atoms with E-state index in [0.29, 0.717) is 49.3 Å². The van der Waals surface area contributed by atoms with Crippen LogP contribution >= 0.6 is 0 Å². The lowest BCUT2D eigenvalue weighted by Crippen LogP contribution is -2.63. The number of carbonyl (C=O) groups excluding carboxylic acids is 2. The van der Waals surface area contributed by atoms with Gasteiger partial charge in [-0.2, -0.15) is 0 Å². The minimum atomic E-state index is -0.758. The SMILES string of the molecule is CC(C)(C)c1cc(-c2ccc(F)cc2)nc2cc(C(=O)N3CCN(C(=O)[C@H]4C[C@@](C)(O)C4)CC3(C)C)oc12. The van der Waals surface area contributed by atoms with Gasteiger partial charge in [0.05, 0.1) is 16.8 Å². The molecular weight excluding hydrogens is 485 g/mol. The second kappa shape index (κ2) is 8.90. The van der Waals surface area contributed by atoms with Gasteiger partial charge in [-0.05, 0) is 69.4 Å². The number of rotatable bonds is 3. The fourth-order valence-corrected chi connectivity index (χ4v) is 5.74. The van der Waals surface area contributed by atoms with Gasteiger partial charge in [-0.1, -0.05) is 20.8 Å². The Labute approximate surface area is 222 Å². The Morgan fingerprint density at radius 1 is 1.08 bits per heavy atom. The van der Waals surface area contributed by atoms with E-state index in [4.69, 9.17) is 9.40 Å². The predicted octanol–water partition coefficient (Wildman–Crippen LogP) is 5.16. The Morgan fingerprint density at radius 3 is 2.32 bits per heavy atom. The molecule has 5 rings (SSSR count). The third kappa shape index (κ3) is 4.82. The van der Waals surface area contributed by atoms with Gasteiger partial charge in [0.15, 0.2) is 11.3 Å². The van der Waals surface area contributed by atoms with E-state index in [0.717, 1.165) is 11.1 Å². The highest BCUT2D eigenvalue weighted by atomic mass is 19.1. The summed E-state index contributed by atoms with van der Waals surface area (Å²) in [7, 11) is 0. The number of hydrogen-bond donors (Lipinski definition) is 1. The Hall–Kier alpha value is -3.26. The topological polar surface area (TPSA) is 86.9 Å². The molecule has 0 atom stereocenters. The van der Waals surface area contributed by atoms with Crippen molar-refractivity contribution in [1.82, 2.24) is 14.8 Å². The summed E-state index contributed by atoms with van der Waals surface area (Å²) >= 11 is 0. The maximum Gasteiger partial charge on any atom is 0.290 e. The van der Waals surface area contributed by atoms with Gasteiger partial charge in [0.1, 0.15) is 11.3 Å². The summed E-state index contributed by atoms with van der Waals surface area (Å²) < 4.78 is 19.7. The molecule has 1 saturated heterocycles. The van der Waals surface area contributed by atoms with Crippen molar-refractivity contribution in [3.8, 4) is 11.3 Å². The average Bonchev–Trinajstić information content (AvgIpc) is 3.24. The molecule has 2 aliphatic rings. The van der Waals surface area contributed by atoms with Gasteiger partial charge in [-0.25, -0.2) is 9.37 Å². The summed E-state index contributed by atoms with van der Waals surface area (Å²) in [6, 6.07) is 9.82. The largest absolute Gasteiger partial charge is 0.449 e. The second-order valence-electron chi connectivity index (χ2n) is 12.8. The maximum absolute atomic E-state index is 13.7. The molecule has 0 bridgehead atoms. The molecule has 2 fully saturated rings. The molecular formula is C30H36FN3O4. The first kappa shape index (κ1) is 26.4. The molecule has 1 N–H and O–H groups in total. The lowest BCUT2D eigenvalue weighted by Gasteiger charge is -2.49. The number of piperazine rings is 1. The van der Waals surface area contributed by atoms with Crippen molar-refractivity contribution in [2.24, 2.45) is 5.92 Å². The second-order valence-corrected chi connectivity index (χ2v) is 12.8. The fraction of sp³-hybridized carbons (Fsp3) is 0.500. The number of nitrogens with zero attached hydrogens (tertiary/aromatic N) is 3. The van der Waals surface area contributed by atoms with Gasteiger partial charge in [-0.15, -0.1) is 0 Å². The Balaban J connectivity index is 1.42. The molecule has 1 aliphatic carbocycles. The Morgan fingerprint density at radius 2 is 1.74 bits per heavy atom. The minimum absolute atomic E-state index is 0.0489. The van der Waals surface area contributed by atoms with Crippen LogP contribution in [0.25, 0.3) is 22.4 Å². The summed E-state index contributed by atoms with van der Waals surface area (Å²) in [6.45, 7) is 13.1. The van der Waals surface area contributed by atoms with E-state index in [1.807, 2.05) is 24.8 Å². The highest BCUT2D eigenvalue weighted by molar-refractivity contribution is 5.97. The maximum atomic E-state index is 13.7. The van der Waals surface area contributed by atoms with E-state index in [9.17, 15) is 19.1 Å². The standard InChI is InChI=1S/C30H36FN3O4/c1-28(2,3)21-13-22(18-7-9-20(31)10-8-18)32-23-14-24(38-25(21)23)27(36)34-12-11-33(17-29(34,4)5)26(35)19-15-30(6,37)16-19/h7-10,13-14,19,37H,11-12,15-17H2,1-6H3/t19-,30+. The quantitative estimate of drug-likeness (QED) is 0.515. The van der Waals surface area contributed by atoms with Gasteiger partial charge in [-0.3, -0.25) is 9.59 Å². The molecule has 0 spiro atoms. The molecule has 0 radical (unpaired) electrons.